The van der Waals surface area contributed by atoms with Crippen molar-refractivity contribution in [2.75, 3.05) is 5.32 Å². The maximum absolute atomic E-state index is 12.2. The molecule has 0 aliphatic carbocycles. The third kappa shape index (κ3) is 4.15. The Kier molecular flexibility index (Phi) is 5.33. The van der Waals surface area contributed by atoms with Gasteiger partial charge in [0.25, 0.3) is 5.91 Å². The second kappa shape index (κ2) is 7.03. The van der Waals surface area contributed by atoms with Crippen LogP contribution in [0.4, 0.5) is 5.69 Å². The molecule has 2 aromatic carbocycles. The zero-order valence-corrected chi connectivity index (χ0v) is 14.1. The summed E-state index contributed by atoms with van der Waals surface area (Å²) in [7, 11) is 0. The minimum atomic E-state index is -0.645. The van der Waals surface area contributed by atoms with Gasteiger partial charge in [0.15, 0.2) is 6.10 Å². The third-order valence-corrected chi connectivity index (χ3v) is 3.90. The van der Waals surface area contributed by atoms with Gasteiger partial charge in [0.05, 0.1) is 10.7 Å². The van der Waals surface area contributed by atoms with E-state index < -0.39 is 6.10 Å². The highest BCUT2D eigenvalue weighted by molar-refractivity contribution is 6.36. The Balaban J connectivity index is 2.04. The van der Waals surface area contributed by atoms with Gasteiger partial charge in [0, 0.05) is 5.02 Å². The number of hydrogen-bond acceptors (Lipinski definition) is 2. The molecule has 0 unspecified atom stereocenters. The topological polar surface area (TPSA) is 38.3 Å². The summed E-state index contributed by atoms with van der Waals surface area (Å²) < 4.78 is 5.67. The molecule has 0 fully saturated rings. The molecule has 0 aliphatic rings. The number of rotatable bonds is 4. The standard InChI is InChI=1S/C17H17Cl2NO2/c1-10-4-6-14(8-11(10)2)22-12(3)17(21)20-16-7-5-13(18)9-15(16)19/h4-9,12H,1-3H3,(H,20,21)/t12-/m1/s1. The van der Waals surface area contributed by atoms with E-state index in [4.69, 9.17) is 27.9 Å². The average molecular weight is 338 g/mol. The van der Waals surface area contributed by atoms with Crippen molar-refractivity contribution in [1.29, 1.82) is 0 Å². The highest BCUT2D eigenvalue weighted by Gasteiger charge is 2.16. The van der Waals surface area contributed by atoms with Gasteiger partial charge in [-0.3, -0.25) is 4.79 Å². The molecule has 22 heavy (non-hydrogen) atoms. The smallest absolute Gasteiger partial charge is 0.265 e. The van der Waals surface area contributed by atoms with Crippen molar-refractivity contribution in [3.05, 3.63) is 57.6 Å². The Labute approximate surface area is 140 Å². The van der Waals surface area contributed by atoms with E-state index in [1.54, 1.807) is 25.1 Å². The van der Waals surface area contributed by atoms with E-state index in [2.05, 4.69) is 5.32 Å². The number of anilines is 1. The predicted octanol–water partition coefficient (Wildman–Crippen LogP) is 5.02. The monoisotopic (exact) mass is 337 g/mol. The molecule has 1 atom stereocenters. The van der Waals surface area contributed by atoms with Crippen LogP contribution in [0.2, 0.25) is 10.0 Å². The molecule has 0 saturated carbocycles. The number of halogens is 2. The Morgan fingerprint density at radius 2 is 1.82 bits per heavy atom. The second-order valence-corrected chi connectivity index (χ2v) is 5.96. The fourth-order valence-corrected chi connectivity index (χ4v) is 2.33. The first-order valence-corrected chi connectivity index (χ1v) is 7.62. The molecular weight excluding hydrogens is 321 g/mol. The number of amides is 1. The van der Waals surface area contributed by atoms with Crippen molar-refractivity contribution in [3.63, 3.8) is 0 Å². The van der Waals surface area contributed by atoms with Crippen molar-refractivity contribution in [1.82, 2.24) is 0 Å². The highest BCUT2D eigenvalue weighted by Crippen LogP contribution is 2.25. The van der Waals surface area contributed by atoms with E-state index in [1.807, 2.05) is 32.0 Å². The molecule has 0 bridgehead atoms. The van der Waals surface area contributed by atoms with Crippen LogP contribution >= 0.6 is 23.2 Å². The first-order valence-electron chi connectivity index (χ1n) is 6.86. The Bertz CT molecular complexity index is 701. The van der Waals surface area contributed by atoms with E-state index in [0.717, 1.165) is 5.56 Å². The molecule has 1 amide bonds. The molecule has 5 heteroatoms. The Morgan fingerprint density at radius 3 is 2.45 bits per heavy atom. The van der Waals surface area contributed by atoms with Gasteiger partial charge in [-0.2, -0.15) is 0 Å². The molecular formula is C17H17Cl2NO2. The summed E-state index contributed by atoms with van der Waals surface area (Å²) in [6, 6.07) is 10.6. The molecule has 0 saturated heterocycles. The molecule has 2 aromatic rings. The van der Waals surface area contributed by atoms with Gasteiger partial charge in [-0.25, -0.2) is 0 Å². The van der Waals surface area contributed by atoms with Crippen LogP contribution in [-0.2, 0) is 4.79 Å². The molecule has 2 rings (SSSR count). The number of benzene rings is 2. The van der Waals surface area contributed by atoms with Crippen LogP contribution in [0, 0.1) is 13.8 Å². The minimum Gasteiger partial charge on any atom is -0.481 e. The summed E-state index contributed by atoms with van der Waals surface area (Å²) in [6.45, 7) is 5.71. The van der Waals surface area contributed by atoms with Crippen LogP contribution in [0.3, 0.4) is 0 Å². The highest BCUT2D eigenvalue weighted by atomic mass is 35.5. The van der Waals surface area contributed by atoms with Crippen LogP contribution < -0.4 is 10.1 Å². The predicted molar refractivity (Wildman–Crippen MR) is 91.1 cm³/mol. The van der Waals surface area contributed by atoms with E-state index in [-0.39, 0.29) is 5.91 Å². The average Bonchev–Trinajstić information content (AvgIpc) is 2.45. The molecule has 116 valence electrons. The van der Waals surface area contributed by atoms with Crippen LogP contribution in [0.25, 0.3) is 0 Å². The van der Waals surface area contributed by atoms with Crippen LogP contribution in [0.1, 0.15) is 18.1 Å². The maximum Gasteiger partial charge on any atom is 0.265 e. The molecule has 0 radical (unpaired) electrons. The lowest BCUT2D eigenvalue weighted by Gasteiger charge is -2.16. The van der Waals surface area contributed by atoms with Gasteiger partial charge < -0.3 is 10.1 Å². The van der Waals surface area contributed by atoms with E-state index in [1.165, 1.54) is 5.56 Å². The lowest BCUT2D eigenvalue weighted by Crippen LogP contribution is -2.30. The number of hydrogen-bond donors (Lipinski definition) is 1. The maximum atomic E-state index is 12.2. The number of carbonyl (C=O) groups excluding carboxylic acids is 1. The van der Waals surface area contributed by atoms with Gasteiger partial charge in [0.1, 0.15) is 5.75 Å². The molecule has 0 aliphatic heterocycles. The molecule has 0 spiro atoms. The Morgan fingerprint density at radius 1 is 1.09 bits per heavy atom. The molecule has 1 N–H and O–H groups in total. The second-order valence-electron chi connectivity index (χ2n) is 5.12. The fraction of sp³-hybridized carbons (Fsp3) is 0.235. The lowest BCUT2D eigenvalue weighted by molar-refractivity contribution is -0.122. The van der Waals surface area contributed by atoms with Crippen molar-refractivity contribution in [2.45, 2.75) is 26.9 Å². The van der Waals surface area contributed by atoms with E-state index in [0.29, 0.717) is 21.5 Å². The summed E-state index contributed by atoms with van der Waals surface area (Å²) in [6.07, 6.45) is -0.645. The molecule has 0 aromatic heterocycles. The Hall–Kier alpha value is -1.71. The van der Waals surface area contributed by atoms with Crippen LogP contribution in [0.15, 0.2) is 36.4 Å². The summed E-state index contributed by atoms with van der Waals surface area (Å²) in [5.74, 6) is 0.385. The summed E-state index contributed by atoms with van der Waals surface area (Å²) in [4.78, 5) is 12.2. The fourth-order valence-electron chi connectivity index (χ4n) is 1.87. The zero-order valence-electron chi connectivity index (χ0n) is 12.6. The molecule has 3 nitrogen and oxygen atoms in total. The summed E-state index contributed by atoms with van der Waals surface area (Å²) >= 11 is 11.9. The van der Waals surface area contributed by atoms with Gasteiger partial charge in [-0.1, -0.05) is 29.3 Å². The number of nitrogens with one attached hydrogen (secondary N) is 1. The van der Waals surface area contributed by atoms with Crippen molar-refractivity contribution in [2.24, 2.45) is 0 Å². The van der Waals surface area contributed by atoms with Crippen LogP contribution in [-0.4, -0.2) is 12.0 Å². The first kappa shape index (κ1) is 16.7. The van der Waals surface area contributed by atoms with Gasteiger partial charge >= 0.3 is 0 Å². The van der Waals surface area contributed by atoms with E-state index in [9.17, 15) is 4.79 Å². The normalized spacial score (nSPS) is 11.9. The van der Waals surface area contributed by atoms with Crippen LogP contribution in [0.5, 0.6) is 5.75 Å². The quantitative estimate of drug-likeness (QED) is 0.850. The largest absolute Gasteiger partial charge is 0.481 e. The summed E-state index contributed by atoms with van der Waals surface area (Å²) in [5, 5.41) is 3.63. The third-order valence-electron chi connectivity index (χ3n) is 3.35. The SMILES string of the molecule is Cc1ccc(O[C@H](C)C(=O)Nc2ccc(Cl)cc2Cl)cc1C. The number of ether oxygens (including phenoxy) is 1. The van der Waals surface area contributed by atoms with Crippen molar-refractivity contribution >= 4 is 34.8 Å². The van der Waals surface area contributed by atoms with E-state index >= 15 is 0 Å². The first-order chi connectivity index (χ1) is 10.4. The molecule has 0 heterocycles. The number of aryl methyl sites for hydroxylation is 2. The lowest BCUT2D eigenvalue weighted by atomic mass is 10.1. The minimum absolute atomic E-state index is 0.276. The number of carbonyl (C=O) groups is 1. The summed E-state index contributed by atoms with van der Waals surface area (Å²) in [5.41, 5.74) is 2.80. The van der Waals surface area contributed by atoms with Gasteiger partial charge in [-0.15, -0.1) is 0 Å². The zero-order chi connectivity index (χ0) is 16.3. The van der Waals surface area contributed by atoms with Crippen molar-refractivity contribution in [3.8, 4) is 5.75 Å². The van der Waals surface area contributed by atoms with Gasteiger partial charge in [-0.05, 0) is 62.2 Å². The van der Waals surface area contributed by atoms with Gasteiger partial charge in [0.2, 0.25) is 0 Å². The van der Waals surface area contributed by atoms with Crippen molar-refractivity contribution < 1.29 is 9.53 Å².